The number of imidazole rings is 1. The van der Waals surface area contributed by atoms with Gasteiger partial charge in [0.05, 0.1) is 17.4 Å². The lowest BCUT2D eigenvalue weighted by atomic mass is 10.0. The number of aliphatic hydroxyl groups is 1. The maximum atomic E-state index is 15.2. The molecule has 0 radical (unpaired) electrons. The molecule has 7 nitrogen and oxygen atoms in total. The second kappa shape index (κ2) is 8.99. The van der Waals surface area contributed by atoms with Crippen LogP contribution in [0.3, 0.4) is 0 Å². The number of halogens is 7. The van der Waals surface area contributed by atoms with Crippen molar-refractivity contribution in [3.05, 3.63) is 76.1 Å². The molecule has 0 aliphatic carbocycles. The van der Waals surface area contributed by atoms with Crippen LogP contribution in [0.2, 0.25) is 5.15 Å². The summed E-state index contributed by atoms with van der Waals surface area (Å²) >= 11 is 6.05. The summed E-state index contributed by atoms with van der Waals surface area (Å²) in [5.74, 6) is -7.17. The summed E-state index contributed by atoms with van der Waals surface area (Å²) in [4.78, 5) is 20.1. The molecule has 36 heavy (non-hydrogen) atoms. The van der Waals surface area contributed by atoms with Crippen LogP contribution in [0.5, 0.6) is 0 Å². The Kier molecular flexibility index (Phi) is 5.35. The van der Waals surface area contributed by atoms with E-state index in [0.29, 0.717) is 12.1 Å². The zero-order valence-electron chi connectivity index (χ0n) is 20.5. The Morgan fingerprint density at radius 1 is 1.22 bits per heavy atom. The molecule has 0 unspecified atom stereocenters. The molecule has 0 aliphatic heterocycles. The van der Waals surface area contributed by atoms with E-state index in [1.54, 1.807) is 0 Å². The number of alkyl halides is 3. The van der Waals surface area contributed by atoms with Crippen molar-refractivity contribution in [1.29, 1.82) is 0 Å². The van der Waals surface area contributed by atoms with Gasteiger partial charge in [0.15, 0.2) is 17.7 Å². The lowest BCUT2D eigenvalue weighted by Gasteiger charge is -2.15. The lowest BCUT2D eigenvalue weighted by Crippen LogP contribution is -2.22. The van der Waals surface area contributed by atoms with E-state index in [9.17, 15) is 31.9 Å². The fourth-order valence-electron chi connectivity index (χ4n) is 3.41. The molecule has 0 saturated heterocycles. The van der Waals surface area contributed by atoms with Gasteiger partial charge in [-0.2, -0.15) is 13.2 Å². The molecule has 1 amide bonds. The van der Waals surface area contributed by atoms with Crippen LogP contribution in [0.1, 0.15) is 27.2 Å². The third-order valence-corrected chi connectivity index (χ3v) is 5.32. The minimum absolute atomic E-state index is 0.147. The molecule has 2 heterocycles. The molecule has 188 valence electrons. The van der Waals surface area contributed by atoms with E-state index in [1.165, 1.54) is 0 Å². The highest BCUT2D eigenvalue weighted by atomic mass is 35.5. The van der Waals surface area contributed by atoms with E-state index in [1.807, 2.05) is 5.32 Å². The number of nitrogens with two attached hydrogens (primary N) is 1. The van der Waals surface area contributed by atoms with E-state index >= 15 is 4.39 Å². The van der Waals surface area contributed by atoms with Crippen molar-refractivity contribution >= 4 is 34.5 Å². The number of nitrogens with zero attached hydrogens (tertiary/aromatic N) is 3. The number of hydrogen-bond acceptors (Lipinski definition) is 5. The smallest absolute Gasteiger partial charge is 0.382 e. The molecule has 0 fully saturated rings. The van der Waals surface area contributed by atoms with Gasteiger partial charge >= 0.3 is 6.18 Å². The van der Waals surface area contributed by atoms with Gasteiger partial charge < -0.3 is 16.2 Å². The fraction of sp³-hybridized carbons (Fsp3) is 0.136. The number of anilines is 2. The molecule has 4 N–H and O–H groups in total. The Bertz CT molecular complexity index is 1630. The number of aromatic nitrogens is 3. The second-order valence-electron chi connectivity index (χ2n) is 7.39. The first-order valence-electron chi connectivity index (χ1n) is 11.2. The summed E-state index contributed by atoms with van der Waals surface area (Å²) in [5.41, 5.74) is 1.41. The zero-order chi connectivity index (χ0) is 29.0. The number of benzene rings is 2. The second-order valence-corrected chi connectivity index (χ2v) is 7.77. The molecule has 2 aromatic carbocycles. The van der Waals surface area contributed by atoms with Gasteiger partial charge in [-0.05, 0) is 42.7 Å². The normalized spacial score (nSPS) is 14.3. The molecule has 4 rings (SSSR count). The summed E-state index contributed by atoms with van der Waals surface area (Å²) in [6.07, 6.45) is -6.35. The van der Waals surface area contributed by atoms with Gasteiger partial charge in [0.2, 0.25) is 0 Å². The summed E-state index contributed by atoms with van der Waals surface area (Å²) in [5, 5.41) is 11.7. The van der Waals surface area contributed by atoms with Crippen LogP contribution in [-0.2, 0) is 11.0 Å². The summed E-state index contributed by atoms with van der Waals surface area (Å²) in [6.45, 7) is -2.86. The van der Waals surface area contributed by atoms with Crippen molar-refractivity contribution < 1.29 is 40.4 Å². The van der Waals surface area contributed by atoms with Crippen molar-refractivity contribution in [3.63, 3.8) is 0 Å². The summed E-state index contributed by atoms with van der Waals surface area (Å²) in [7, 11) is 0. The van der Waals surface area contributed by atoms with E-state index in [4.69, 9.17) is 21.4 Å². The minimum Gasteiger partial charge on any atom is -0.382 e. The third-order valence-electron chi connectivity index (χ3n) is 5.05. The van der Waals surface area contributed by atoms with Crippen LogP contribution in [-0.4, -0.2) is 25.4 Å². The van der Waals surface area contributed by atoms with Crippen molar-refractivity contribution in [2.45, 2.75) is 19.1 Å². The largest absolute Gasteiger partial charge is 0.416 e. The average molecular weight is 533 g/mol. The van der Waals surface area contributed by atoms with Gasteiger partial charge in [-0.3, -0.25) is 9.20 Å². The highest BCUT2D eigenvalue weighted by Gasteiger charge is 2.33. The van der Waals surface area contributed by atoms with Gasteiger partial charge in [0, 0.05) is 9.68 Å². The molecule has 0 bridgehead atoms. The van der Waals surface area contributed by atoms with Crippen molar-refractivity contribution in [3.8, 4) is 11.3 Å². The lowest BCUT2D eigenvalue weighted by molar-refractivity contribution is -0.138. The zero-order valence-corrected chi connectivity index (χ0v) is 18.2. The van der Waals surface area contributed by atoms with Crippen LogP contribution in [0.25, 0.3) is 16.8 Å². The van der Waals surface area contributed by atoms with Crippen LogP contribution >= 0.6 is 11.6 Å². The van der Waals surface area contributed by atoms with Crippen LogP contribution < -0.4 is 11.1 Å². The molecule has 14 heteroatoms. The van der Waals surface area contributed by atoms with Gasteiger partial charge in [0.25, 0.3) is 5.91 Å². The van der Waals surface area contributed by atoms with Crippen molar-refractivity contribution in [1.82, 2.24) is 14.4 Å². The molecule has 0 aliphatic rings. The Labute approximate surface area is 207 Å². The molecule has 4 aromatic rings. The van der Waals surface area contributed by atoms with E-state index < -0.39 is 76.4 Å². The quantitative estimate of drug-likeness (QED) is 0.319. The Balaban J connectivity index is 1.73. The first-order valence-corrected chi connectivity index (χ1v) is 10.1. The van der Waals surface area contributed by atoms with Crippen molar-refractivity contribution in [2.75, 3.05) is 11.1 Å². The summed E-state index contributed by atoms with van der Waals surface area (Å²) in [6, 6.07) is 2.66. The van der Waals surface area contributed by atoms with Crippen LogP contribution in [0.4, 0.5) is 37.8 Å². The van der Waals surface area contributed by atoms with Crippen LogP contribution in [0, 0.1) is 24.3 Å². The monoisotopic (exact) mass is 532 g/mol. The Morgan fingerprint density at radius 3 is 2.61 bits per heavy atom. The van der Waals surface area contributed by atoms with Gasteiger partial charge in [0.1, 0.15) is 33.8 Å². The minimum atomic E-state index is -4.99. The van der Waals surface area contributed by atoms with Gasteiger partial charge in [-0.25, -0.2) is 23.1 Å². The molecule has 1 atom stereocenters. The SMILES string of the molecule is [2H]C([2H])([2H])c1nc(-c2ccc(NC(=O)[C@H](O)c3cc(F)cc(C(F)(F)F)c3)c(F)c2F)c2c(N)ncc(Cl)n12. The average Bonchev–Trinajstić information content (AvgIpc) is 3.25. The maximum absolute atomic E-state index is 15.2. The topological polar surface area (TPSA) is 106 Å². The number of hydrogen-bond donors (Lipinski definition) is 3. The number of fused-ring (bicyclic) bond motifs is 1. The maximum Gasteiger partial charge on any atom is 0.416 e. The van der Waals surface area contributed by atoms with E-state index in [0.717, 1.165) is 22.7 Å². The predicted molar refractivity (Wildman–Crippen MR) is 117 cm³/mol. The molecule has 0 saturated carbocycles. The Hall–Kier alpha value is -3.84. The highest BCUT2D eigenvalue weighted by molar-refractivity contribution is 6.29. The fourth-order valence-corrected chi connectivity index (χ4v) is 3.62. The predicted octanol–water partition coefficient (Wildman–Crippen LogP) is 5.05. The number of aliphatic hydroxyl groups excluding tert-OH is 1. The highest BCUT2D eigenvalue weighted by Crippen LogP contribution is 2.35. The number of amides is 1. The van der Waals surface area contributed by atoms with Crippen LogP contribution in [0.15, 0.2) is 36.5 Å². The van der Waals surface area contributed by atoms with E-state index in [-0.39, 0.29) is 22.6 Å². The first kappa shape index (κ1) is 21.4. The third kappa shape index (κ3) is 4.42. The van der Waals surface area contributed by atoms with Gasteiger partial charge in [-0.1, -0.05) is 11.6 Å². The summed E-state index contributed by atoms with van der Waals surface area (Å²) < 4.78 is 107. The number of rotatable bonds is 4. The molecular formula is C22H14ClF6N5O2. The number of carbonyl (C=O) groups excluding carboxylic acids is 1. The molecular weight excluding hydrogens is 516 g/mol. The van der Waals surface area contributed by atoms with Gasteiger partial charge in [-0.15, -0.1) is 0 Å². The number of aryl methyl sites for hydroxylation is 1. The Morgan fingerprint density at radius 2 is 1.94 bits per heavy atom. The molecule has 2 aromatic heterocycles. The van der Waals surface area contributed by atoms with E-state index in [2.05, 4.69) is 9.97 Å². The number of carbonyl (C=O) groups is 1. The standard InChI is InChI=1S/C22H14ClF6N5O2/c1-8-32-17(18-20(30)31-7-14(23)34(8)18)12-2-3-13(16(26)15(12)25)33-21(36)19(35)9-4-10(22(27,28)29)6-11(24)5-9/h2-7,19,35H,1H3,(H2,30,31)(H,33,36)/t19-/m1/s1/i1D3. The number of nitrogens with one attached hydrogen (secondary N) is 1. The van der Waals surface area contributed by atoms with Crippen molar-refractivity contribution in [2.24, 2.45) is 0 Å². The first-order chi connectivity index (χ1) is 18.0. The number of nitrogen functional groups attached to an aromatic ring is 1. The molecule has 0 spiro atoms.